The number of aryl methyl sites for hydroxylation is 2. The average molecular weight is 483 g/mol. The normalized spacial score (nSPS) is 11.5. The fraction of sp³-hybridized carbons (Fsp3) is 0.444. The molecule has 0 bridgehead atoms. The van der Waals surface area contributed by atoms with E-state index in [0.29, 0.717) is 13.0 Å². The van der Waals surface area contributed by atoms with Crippen molar-refractivity contribution < 1.29 is 19.2 Å². The highest BCUT2D eigenvalue weighted by Gasteiger charge is 2.14. The summed E-state index contributed by atoms with van der Waals surface area (Å²) in [5, 5.41) is 2.59. The smallest absolute Gasteiger partial charge is 0.334 e. The van der Waals surface area contributed by atoms with Crippen molar-refractivity contribution in [1.82, 2.24) is 10.8 Å². The second-order valence-electron chi connectivity index (χ2n) is 8.62. The standard InChI is InChI=1S/C27H38N4O4/c28-18-7-6-12-24(29)27(34)30-19-17-26(33)35-31-25(32)20-23-15-13-22(14-16-23)11-5-4-10-21-8-2-1-3-9-21/h1-3,8-9,13-16,24H,4-7,10-12,17-20,28-29H2,(H,30,34)(H,31,32). The van der Waals surface area contributed by atoms with Gasteiger partial charge in [-0.05, 0) is 61.8 Å². The zero-order valence-corrected chi connectivity index (χ0v) is 20.3. The largest absolute Gasteiger partial charge is 0.354 e. The first-order valence-corrected chi connectivity index (χ1v) is 12.3. The summed E-state index contributed by atoms with van der Waals surface area (Å²) in [6.07, 6.45) is 6.47. The van der Waals surface area contributed by atoms with Crippen LogP contribution in [-0.4, -0.2) is 36.9 Å². The number of nitrogens with one attached hydrogen (secondary N) is 2. The zero-order chi connectivity index (χ0) is 25.3. The number of hydroxylamine groups is 1. The number of carbonyl (C=O) groups excluding carboxylic acids is 3. The fourth-order valence-corrected chi connectivity index (χ4v) is 3.57. The van der Waals surface area contributed by atoms with Crippen molar-refractivity contribution in [1.29, 1.82) is 0 Å². The van der Waals surface area contributed by atoms with Gasteiger partial charge in [0.05, 0.1) is 18.9 Å². The third-order valence-corrected chi connectivity index (χ3v) is 5.62. The minimum absolute atomic E-state index is 0.0689. The Balaban J connectivity index is 1.57. The number of benzene rings is 2. The molecule has 1 unspecified atom stereocenters. The van der Waals surface area contributed by atoms with Gasteiger partial charge in [-0.2, -0.15) is 5.48 Å². The van der Waals surface area contributed by atoms with E-state index in [1.165, 1.54) is 11.1 Å². The molecular weight excluding hydrogens is 444 g/mol. The molecule has 2 aromatic carbocycles. The molecule has 190 valence electrons. The summed E-state index contributed by atoms with van der Waals surface area (Å²) < 4.78 is 0. The summed E-state index contributed by atoms with van der Waals surface area (Å²) >= 11 is 0. The summed E-state index contributed by atoms with van der Waals surface area (Å²) in [6, 6.07) is 17.7. The summed E-state index contributed by atoms with van der Waals surface area (Å²) in [4.78, 5) is 40.5. The van der Waals surface area contributed by atoms with E-state index in [1.807, 2.05) is 30.3 Å². The van der Waals surface area contributed by atoms with Crippen LogP contribution >= 0.6 is 0 Å². The molecule has 6 N–H and O–H groups in total. The molecule has 0 aliphatic heterocycles. The molecule has 0 aliphatic rings. The minimum Gasteiger partial charge on any atom is -0.354 e. The van der Waals surface area contributed by atoms with Crippen LogP contribution in [0.4, 0.5) is 0 Å². The number of rotatable bonds is 15. The Kier molecular flexibility index (Phi) is 13.1. The molecule has 8 heteroatoms. The van der Waals surface area contributed by atoms with Crippen LogP contribution in [0.3, 0.4) is 0 Å². The van der Waals surface area contributed by atoms with E-state index < -0.39 is 17.9 Å². The van der Waals surface area contributed by atoms with Crippen molar-refractivity contribution >= 4 is 17.8 Å². The van der Waals surface area contributed by atoms with Gasteiger partial charge >= 0.3 is 5.97 Å². The van der Waals surface area contributed by atoms with Gasteiger partial charge in [0.25, 0.3) is 5.91 Å². The number of amides is 2. The molecule has 0 spiro atoms. The van der Waals surface area contributed by atoms with Gasteiger partial charge in [0.1, 0.15) is 0 Å². The molecule has 0 fully saturated rings. The molecule has 0 aromatic heterocycles. The molecule has 0 radical (unpaired) electrons. The van der Waals surface area contributed by atoms with Gasteiger partial charge < -0.3 is 21.6 Å². The van der Waals surface area contributed by atoms with Crippen LogP contribution in [0.15, 0.2) is 54.6 Å². The number of unbranched alkanes of at least 4 members (excludes halogenated alkanes) is 2. The van der Waals surface area contributed by atoms with E-state index >= 15 is 0 Å². The Bertz CT molecular complexity index is 903. The first kappa shape index (κ1) is 28.0. The summed E-state index contributed by atoms with van der Waals surface area (Å²) in [5.74, 6) is -1.38. The van der Waals surface area contributed by atoms with Crippen molar-refractivity contribution in [2.75, 3.05) is 13.1 Å². The Morgan fingerprint density at radius 2 is 1.46 bits per heavy atom. The summed E-state index contributed by atoms with van der Waals surface area (Å²) in [5.41, 5.74) is 16.8. The average Bonchev–Trinajstić information content (AvgIpc) is 2.87. The lowest BCUT2D eigenvalue weighted by Gasteiger charge is -2.11. The van der Waals surface area contributed by atoms with Gasteiger partial charge in [0, 0.05) is 6.54 Å². The Labute approximate surface area is 207 Å². The third kappa shape index (κ3) is 12.2. The maximum absolute atomic E-state index is 12.1. The Hall–Kier alpha value is -3.23. The second-order valence-corrected chi connectivity index (χ2v) is 8.62. The van der Waals surface area contributed by atoms with Gasteiger partial charge in [0.2, 0.25) is 5.91 Å². The quantitative estimate of drug-likeness (QED) is 0.227. The SMILES string of the molecule is NCCCCC(N)C(=O)NCCC(=O)ONC(=O)Cc1ccc(CCCCc2ccccc2)cc1. The lowest BCUT2D eigenvalue weighted by atomic mass is 10.0. The lowest BCUT2D eigenvalue weighted by molar-refractivity contribution is -0.158. The molecule has 2 aromatic rings. The van der Waals surface area contributed by atoms with Crippen LogP contribution in [0.2, 0.25) is 0 Å². The molecule has 8 nitrogen and oxygen atoms in total. The van der Waals surface area contributed by atoms with Crippen LogP contribution in [0.25, 0.3) is 0 Å². The van der Waals surface area contributed by atoms with Crippen molar-refractivity contribution in [2.24, 2.45) is 11.5 Å². The van der Waals surface area contributed by atoms with E-state index in [2.05, 4.69) is 35.1 Å². The van der Waals surface area contributed by atoms with Gasteiger partial charge in [-0.3, -0.25) is 9.59 Å². The lowest BCUT2D eigenvalue weighted by Crippen LogP contribution is -2.41. The monoisotopic (exact) mass is 482 g/mol. The molecule has 2 rings (SSSR count). The molecule has 1 atom stereocenters. The van der Waals surface area contributed by atoms with Crippen molar-refractivity contribution in [3.63, 3.8) is 0 Å². The predicted molar refractivity (Wildman–Crippen MR) is 136 cm³/mol. The van der Waals surface area contributed by atoms with Crippen LogP contribution in [-0.2, 0) is 38.5 Å². The molecule has 0 saturated carbocycles. The minimum atomic E-state index is -0.638. The van der Waals surface area contributed by atoms with E-state index in [0.717, 1.165) is 44.1 Å². The maximum Gasteiger partial charge on any atom is 0.334 e. The Morgan fingerprint density at radius 1 is 0.829 bits per heavy atom. The number of carbonyl (C=O) groups is 3. The second kappa shape index (κ2) is 16.4. The molecule has 35 heavy (non-hydrogen) atoms. The zero-order valence-electron chi connectivity index (χ0n) is 20.3. The van der Waals surface area contributed by atoms with Crippen molar-refractivity contribution in [3.8, 4) is 0 Å². The third-order valence-electron chi connectivity index (χ3n) is 5.62. The van der Waals surface area contributed by atoms with Gasteiger partial charge in [-0.1, -0.05) is 61.0 Å². The van der Waals surface area contributed by atoms with Gasteiger partial charge in [-0.25, -0.2) is 4.79 Å². The van der Waals surface area contributed by atoms with Crippen molar-refractivity contribution in [3.05, 3.63) is 71.3 Å². The number of nitrogens with two attached hydrogens (primary N) is 2. The van der Waals surface area contributed by atoms with Crippen LogP contribution in [0.5, 0.6) is 0 Å². The van der Waals surface area contributed by atoms with E-state index in [1.54, 1.807) is 0 Å². The maximum atomic E-state index is 12.1. The predicted octanol–water partition coefficient (Wildman–Crippen LogP) is 2.33. The van der Waals surface area contributed by atoms with Crippen molar-refractivity contribution in [2.45, 2.75) is 63.8 Å². The highest BCUT2D eigenvalue weighted by molar-refractivity contribution is 5.82. The summed E-state index contributed by atoms with van der Waals surface area (Å²) in [6.45, 7) is 0.651. The molecule has 0 aliphatic carbocycles. The van der Waals surface area contributed by atoms with E-state index in [-0.39, 0.29) is 25.3 Å². The molecule has 0 heterocycles. The first-order chi connectivity index (χ1) is 17.0. The topological polar surface area (TPSA) is 137 Å². The van der Waals surface area contributed by atoms with Gasteiger partial charge in [-0.15, -0.1) is 0 Å². The summed E-state index contributed by atoms with van der Waals surface area (Å²) in [7, 11) is 0. The highest BCUT2D eigenvalue weighted by Crippen LogP contribution is 2.11. The Morgan fingerprint density at radius 3 is 2.11 bits per heavy atom. The molecular formula is C27H38N4O4. The van der Waals surface area contributed by atoms with E-state index in [9.17, 15) is 14.4 Å². The van der Waals surface area contributed by atoms with Crippen LogP contribution < -0.4 is 22.3 Å². The molecule has 0 saturated heterocycles. The van der Waals surface area contributed by atoms with Gasteiger partial charge in [0.15, 0.2) is 0 Å². The fourth-order valence-electron chi connectivity index (χ4n) is 3.57. The van der Waals surface area contributed by atoms with E-state index in [4.69, 9.17) is 16.3 Å². The van der Waals surface area contributed by atoms with Crippen LogP contribution in [0, 0.1) is 0 Å². The number of hydrogen-bond donors (Lipinski definition) is 4. The number of hydrogen-bond acceptors (Lipinski definition) is 6. The highest BCUT2D eigenvalue weighted by atomic mass is 16.7. The molecule has 2 amide bonds. The first-order valence-electron chi connectivity index (χ1n) is 12.3. The van der Waals surface area contributed by atoms with Crippen LogP contribution in [0.1, 0.15) is 55.2 Å².